The van der Waals surface area contributed by atoms with Gasteiger partial charge >= 0.3 is 6.03 Å². The van der Waals surface area contributed by atoms with Crippen LogP contribution in [0.4, 0.5) is 19.3 Å². The van der Waals surface area contributed by atoms with E-state index >= 15 is 0 Å². The average molecular weight is 501 g/mol. The second-order valence-electron chi connectivity index (χ2n) is 7.76. The van der Waals surface area contributed by atoms with Crippen LogP contribution in [0, 0.1) is 11.8 Å². The van der Waals surface area contributed by atoms with Crippen LogP contribution >= 0.6 is 0 Å². The highest BCUT2D eigenvalue weighted by Crippen LogP contribution is 2.21. The van der Waals surface area contributed by atoms with Crippen molar-refractivity contribution in [1.82, 2.24) is 21.4 Å². The lowest BCUT2D eigenvalue weighted by atomic mass is 9.91. The number of anilines is 1. The molecule has 0 aromatic heterocycles. The molecule has 36 heavy (non-hydrogen) atoms. The van der Waals surface area contributed by atoms with Gasteiger partial charge in [-0.1, -0.05) is 11.8 Å². The summed E-state index contributed by atoms with van der Waals surface area (Å²) >= 11 is 0. The minimum absolute atomic E-state index is 0.0281. The van der Waals surface area contributed by atoms with Gasteiger partial charge in [0.1, 0.15) is 11.6 Å². The van der Waals surface area contributed by atoms with Gasteiger partial charge in [0.2, 0.25) is 5.91 Å². The van der Waals surface area contributed by atoms with E-state index in [1.54, 1.807) is 24.3 Å². The maximum Gasteiger partial charge on any atom is 0.318 e. The summed E-state index contributed by atoms with van der Waals surface area (Å²) in [5, 5.41) is 18.1. The Morgan fingerprint density at radius 3 is 1.92 bits per heavy atom. The monoisotopic (exact) mass is 501 g/mol. The van der Waals surface area contributed by atoms with Crippen molar-refractivity contribution in [2.45, 2.75) is 31.9 Å². The second-order valence-corrected chi connectivity index (χ2v) is 7.76. The van der Waals surface area contributed by atoms with E-state index in [0.29, 0.717) is 16.8 Å². The molecule has 0 spiro atoms. The molecule has 0 aliphatic rings. The number of halogens is 2. The van der Waals surface area contributed by atoms with Crippen LogP contribution in [-0.4, -0.2) is 54.0 Å². The maximum atomic E-state index is 13.8. The SMILES string of the molecule is CNC(=O)Nc1ccc(C#Cc2ccc(C(=O)N[C@H](C(=O)NO)C(C)(NC(C)=O)C(F)F)cc2)cc1. The molecular formula is C24H25F2N5O5. The van der Waals surface area contributed by atoms with Crippen molar-refractivity contribution in [1.29, 1.82) is 0 Å². The van der Waals surface area contributed by atoms with Crippen LogP contribution in [0.15, 0.2) is 48.5 Å². The van der Waals surface area contributed by atoms with Gasteiger partial charge in [0.05, 0.1) is 0 Å². The number of amides is 5. The highest BCUT2D eigenvalue weighted by molar-refractivity contribution is 5.98. The van der Waals surface area contributed by atoms with E-state index in [0.717, 1.165) is 13.8 Å². The third kappa shape index (κ3) is 7.25. The second kappa shape index (κ2) is 12.3. The average Bonchev–Trinajstić information content (AvgIpc) is 2.85. The Hall–Kier alpha value is -4.50. The van der Waals surface area contributed by atoms with Crippen LogP contribution in [0.25, 0.3) is 0 Å². The number of hydroxylamine groups is 1. The van der Waals surface area contributed by atoms with Crippen LogP contribution in [0.2, 0.25) is 0 Å². The number of urea groups is 1. The van der Waals surface area contributed by atoms with Crippen molar-refractivity contribution in [3.63, 3.8) is 0 Å². The molecule has 0 bridgehead atoms. The van der Waals surface area contributed by atoms with Crippen molar-refractivity contribution < 1.29 is 33.2 Å². The predicted octanol–water partition coefficient (Wildman–Crippen LogP) is 1.60. The number of hydrogen-bond acceptors (Lipinski definition) is 5. The highest BCUT2D eigenvalue weighted by atomic mass is 19.3. The number of nitrogens with one attached hydrogen (secondary N) is 5. The molecule has 12 heteroatoms. The lowest BCUT2D eigenvalue weighted by Gasteiger charge is -2.36. The van der Waals surface area contributed by atoms with Gasteiger partial charge in [0.25, 0.3) is 18.2 Å². The molecule has 0 saturated carbocycles. The van der Waals surface area contributed by atoms with Crippen molar-refractivity contribution in [2.24, 2.45) is 0 Å². The fourth-order valence-corrected chi connectivity index (χ4v) is 3.08. The summed E-state index contributed by atoms with van der Waals surface area (Å²) in [6, 6.07) is 10.2. The minimum Gasteiger partial charge on any atom is -0.343 e. The van der Waals surface area contributed by atoms with E-state index in [4.69, 9.17) is 5.21 Å². The Morgan fingerprint density at radius 1 is 0.944 bits per heavy atom. The molecule has 190 valence electrons. The van der Waals surface area contributed by atoms with Crippen molar-refractivity contribution in [3.05, 3.63) is 65.2 Å². The quantitative estimate of drug-likeness (QED) is 0.194. The minimum atomic E-state index is -3.25. The Morgan fingerprint density at radius 2 is 1.47 bits per heavy atom. The van der Waals surface area contributed by atoms with Gasteiger partial charge in [-0.05, 0) is 55.5 Å². The smallest absolute Gasteiger partial charge is 0.318 e. The number of alkyl halides is 2. The van der Waals surface area contributed by atoms with Crippen LogP contribution in [0.3, 0.4) is 0 Å². The molecule has 5 amide bonds. The normalized spacial score (nSPS) is 12.8. The Balaban J connectivity index is 2.16. The standard InChI is InChI=1S/C24H25F2N5O5/c1-14(32)30-24(2,22(25)26)19(21(34)31-36)29-20(33)17-10-6-15(7-11-17)4-5-16-8-12-18(13-9-16)28-23(35)27-3/h6-13,19,22,36H,1-3H3,(H,29,33)(H,30,32)(H,31,34)(H2,27,28,35)/t19-,24?/m1/s1. The van der Waals surface area contributed by atoms with Gasteiger partial charge in [-0.2, -0.15) is 0 Å². The van der Waals surface area contributed by atoms with Crippen molar-refractivity contribution >= 4 is 29.4 Å². The number of carbonyl (C=O) groups excluding carboxylic acids is 4. The lowest BCUT2D eigenvalue weighted by Crippen LogP contribution is -2.68. The molecule has 2 atom stereocenters. The third-order valence-corrected chi connectivity index (χ3v) is 5.01. The van der Waals surface area contributed by atoms with Crippen LogP contribution in [0.5, 0.6) is 0 Å². The summed E-state index contributed by atoms with van der Waals surface area (Å²) in [7, 11) is 1.50. The number of carbonyl (C=O) groups is 4. The molecule has 10 nitrogen and oxygen atoms in total. The first kappa shape index (κ1) is 27.7. The zero-order chi connectivity index (χ0) is 26.9. The molecule has 0 heterocycles. The lowest BCUT2D eigenvalue weighted by molar-refractivity contribution is -0.137. The highest BCUT2D eigenvalue weighted by Gasteiger charge is 2.48. The molecule has 1 unspecified atom stereocenters. The molecule has 0 saturated heterocycles. The summed E-state index contributed by atoms with van der Waals surface area (Å²) in [4.78, 5) is 47.5. The van der Waals surface area contributed by atoms with Gasteiger partial charge in [-0.25, -0.2) is 19.1 Å². The molecular weight excluding hydrogens is 476 g/mol. The maximum absolute atomic E-state index is 13.8. The zero-order valence-electron chi connectivity index (χ0n) is 19.6. The van der Waals surface area contributed by atoms with Gasteiger partial charge in [0, 0.05) is 36.3 Å². The molecule has 0 radical (unpaired) electrons. The van der Waals surface area contributed by atoms with E-state index in [2.05, 4.69) is 27.8 Å². The topological polar surface area (TPSA) is 149 Å². The fraction of sp³-hybridized carbons (Fsp3) is 0.250. The molecule has 0 aliphatic heterocycles. The largest absolute Gasteiger partial charge is 0.343 e. The van der Waals surface area contributed by atoms with E-state index < -0.39 is 35.7 Å². The summed E-state index contributed by atoms with van der Waals surface area (Å²) in [5.74, 6) is 2.75. The first-order valence-electron chi connectivity index (χ1n) is 10.5. The van der Waals surface area contributed by atoms with Crippen LogP contribution in [0.1, 0.15) is 35.3 Å². The van der Waals surface area contributed by atoms with Gasteiger partial charge in [-0.15, -0.1) is 0 Å². The number of rotatable bonds is 7. The Bertz CT molecular complexity index is 1180. The fourth-order valence-electron chi connectivity index (χ4n) is 3.08. The summed E-state index contributed by atoms with van der Waals surface area (Å²) < 4.78 is 27.5. The van der Waals surface area contributed by atoms with Crippen molar-refractivity contribution in [3.8, 4) is 11.8 Å². The summed E-state index contributed by atoms with van der Waals surface area (Å²) in [6.07, 6.45) is -3.25. The van der Waals surface area contributed by atoms with Crippen molar-refractivity contribution in [2.75, 3.05) is 12.4 Å². The third-order valence-electron chi connectivity index (χ3n) is 5.01. The van der Waals surface area contributed by atoms with Gasteiger partial charge < -0.3 is 21.3 Å². The summed E-state index contributed by atoms with van der Waals surface area (Å²) in [6.45, 7) is 1.85. The Labute approximate surface area is 205 Å². The molecule has 2 aromatic carbocycles. The number of benzene rings is 2. The predicted molar refractivity (Wildman–Crippen MR) is 126 cm³/mol. The van der Waals surface area contributed by atoms with Gasteiger partial charge in [0.15, 0.2) is 0 Å². The van der Waals surface area contributed by atoms with E-state index in [9.17, 15) is 28.0 Å². The number of hydrogen-bond donors (Lipinski definition) is 6. The van der Waals surface area contributed by atoms with Crippen LogP contribution in [-0.2, 0) is 9.59 Å². The van der Waals surface area contributed by atoms with Crippen LogP contribution < -0.4 is 26.7 Å². The Kier molecular flexibility index (Phi) is 9.46. The van der Waals surface area contributed by atoms with E-state index in [1.165, 1.54) is 36.8 Å². The first-order valence-corrected chi connectivity index (χ1v) is 10.5. The summed E-state index contributed by atoms with van der Waals surface area (Å²) in [5.41, 5.74) is 0.563. The van der Waals surface area contributed by atoms with E-state index in [-0.39, 0.29) is 11.6 Å². The first-order chi connectivity index (χ1) is 17.0. The molecule has 2 aromatic rings. The van der Waals surface area contributed by atoms with Gasteiger partial charge in [-0.3, -0.25) is 19.6 Å². The van der Waals surface area contributed by atoms with E-state index in [1.807, 2.05) is 5.32 Å². The molecule has 2 rings (SSSR count). The molecule has 6 N–H and O–H groups in total. The molecule has 0 fully saturated rings. The molecule has 0 aliphatic carbocycles. The zero-order valence-corrected chi connectivity index (χ0v) is 19.6.